The smallest absolute Gasteiger partial charge is 0.240 e. The maximum absolute atomic E-state index is 14.0. The van der Waals surface area contributed by atoms with Crippen molar-refractivity contribution in [1.29, 1.82) is 5.26 Å². The van der Waals surface area contributed by atoms with E-state index in [1.807, 2.05) is 0 Å². The van der Waals surface area contributed by atoms with Crippen molar-refractivity contribution in [2.24, 2.45) is 11.8 Å². The third-order valence-electron chi connectivity index (χ3n) is 8.36. The number of ether oxygens (including phenoxy) is 4. The van der Waals surface area contributed by atoms with Gasteiger partial charge in [-0.15, -0.1) is 0 Å². The van der Waals surface area contributed by atoms with E-state index in [1.54, 1.807) is 55.6 Å². The average molecular weight is 514 g/mol. The summed E-state index contributed by atoms with van der Waals surface area (Å²) in [6, 6.07) is 14.0. The molecule has 3 aromatic rings. The largest absolute Gasteiger partial charge is 0.493 e. The number of anilines is 1. The van der Waals surface area contributed by atoms with Gasteiger partial charge in [0.1, 0.15) is 17.4 Å². The Labute approximate surface area is 217 Å². The first kappa shape index (κ1) is 23.0. The van der Waals surface area contributed by atoms with E-state index in [4.69, 9.17) is 18.9 Å². The van der Waals surface area contributed by atoms with Crippen LogP contribution >= 0.6 is 0 Å². The molecule has 1 aromatic heterocycles. The van der Waals surface area contributed by atoms with Gasteiger partial charge in [-0.25, -0.2) is 4.90 Å². The minimum absolute atomic E-state index is 0.159. The maximum atomic E-state index is 14.0. The van der Waals surface area contributed by atoms with Crippen LogP contribution in [-0.4, -0.2) is 52.6 Å². The fourth-order valence-electron chi connectivity index (χ4n) is 6.61. The molecule has 192 valence electrons. The number of amides is 2. The molecule has 3 saturated heterocycles. The first-order valence-corrected chi connectivity index (χ1v) is 12.4. The molecule has 4 aliphatic rings. The lowest BCUT2D eigenvalue weighted by Crippen LogP contribution is -2.49. The number of benzene rings is 2. The quantitative estimate of drug-likeness (QED) is 0.512. The Bertz CT molecular complexity index is 1570. The zero-order chi connectivity index (χ0) is 26.2. The number of imide groups is 1. The van der Waals surface area contributed by atoms with Crippen molar-refractivity contribution in [3.63, 3.8) is 0 Å². The lowest BCUT2D eigenvalue weighted by molar-refractivity contribution is -0.134. The van der Waals surface area contributed by atoms with Crippen molar-refractivity contribution in [2.75, 3.05) is 18.3 Å². The summed E-state index contributed by atoms with van der Waals surface area (Å²) in [4.78, 5) is 33.3. The maximum Gasteiger partial charge on any atom is 0.240 e. The molecule has 2 aromatic carbocycles. The lowest BCUT2D eigenvalue weighted by atomic mass is 9.66. The van der Waals surface area contributed by atoms with Crippen molar-refractivity contribution in [2.45, 2.75) is 37.1 Å². The van der Waals surface area contributed by atoms with Crippen molar-refractivity contribution >= 4 is 28.4 Å². The molecule has 0 spiro atoms. The van der Waals surface area contributed by atoms with Crippen LogP contribution in [0.3, 0.4) is 0 Å². The Morgan fingerprint density at radius 3 is 2.82 bits per heavy atom. The fourth-order valence-corrected chi connectivity index (χ4v) is 6.61. The van der Waals surface area contributed by atoms with Gasteiger partial charge in [0.05, 0.1) is 46.9 Å². The summed E-state index contributed by atoms with van der Waals surface area (Å²) in [5, 5.41) is 21.0. The van der Waals surface area contributed by atoms with Crippen LogP contribution in [0.2, 0.25) is 0 Å². The second kappa shape index (κ2) is 7.90. The predicted molar refractivity (Wildman–Crippen MR) is 131 cm³/mol. The number of aliphatic hydroxyl groups is 1. The molecule has 5 atom stereocenters. The molecule has 3 fully saturated rings. The van der Waals surface area contributed by atoms with E-state index in [0.717, 1.165) is 0 Å². The number of carbonyl (C=O) groups excluding carboxylic acids is 2. The highest BCUT2D eigenvalue weighted by molar-refractivity contribution is 6.26. The normalized spacial score (nSPS) is 30.7. The van der Waals surface area contributed by atoms with Gasteiger partial charge in [-0.05, 0) is 43.3 Å². The molecule has 4 aliphatic heterocycles. The number of rotatable bonds is 5. The molecule has 5 heterocycles. The zero-order valence-electron chi connectivity index (χ0n) is 20.4. The third kappa shape index (κ3) is 2.97. The highest BCUT2D eigenvalue weighted by Gasteiger charge is 2.77. The average Bonchev–Trinajstić information content (AvgIpc) is 3.62. The molecule has 2 amide bonds. The third-order valence-corrected chi connectivity index (χ3v) is 8.36. The van der Waals surface area contributed by atoms with Gasteiger partial charge in [-0.1, -0.05) is 0 Å². The van der Waals surface area contributed by atoms with Crippen LogP contribution in [-0.2, 0) is 14.3 Å². The van der Waals surface area contributed by atoms with Gasteiger partial charge in [0.25, 0.3) is 0 Å². The van der Waals surface area contributed by atoms with Crippen LogP contribution in [0.1, 0.15) is 25.3 Å². The van der Waals surface area contributed by atoms with Crippen LogP contribution in [0.4, 0.5) is 5.69 Å². The van der Waals surface area contributed by atoms with Gasteiger partial charge in [0.2, 0.25) is 18.6 Å². The monoisotopic (exact) mass is 513 g/mol. The van der Waals surface area contributed by atoms with Crippen LogP contribution in [0.25, 0.3) is 10.9 Å². The number of aromatic nitrogens is 1. The van der Waals surface area contributed by atoms with Gasteiger partial charge < -0.3 is 24.1 Å². The van der Waals surface area contributed by atoms with E-state index < -0.39 is 35.0 Å². The summed E-state index contributed by atoms with van der Waals surface area (Å²) >= 11 is 0. The minimum Gasteiger partial charge on any atom is -0.493 e. The number of nitriles is 1. The van der Waals surface area contributed by atoms with Gasteiger partial charge in [-0.2, -0.15) is 5.26 Å². The van der Waals surface area contributed by atoms with Crippen LogP contribution in [0.5, 0.6) is 17.2 Å². The molecule has 0 aliphatic carbocycles. The van der Waals surface area contributed by atoms with E-state index in [-0.39, 0.29) is 25.7 Å². The number of carbonyl (C=O) groups is 2. The topological polar surface area (TPSA) is 131 Å². The molecule has 2 bridgehead atoms. The highest BCUT2D eigenvalue weighted by Crippen LogP contribution is 2.62. The Hall–Kier alpha value is -4.20. The highest BCUT2D eigenvalue weighted by atomic mass is 16.7. The summed E-state index contributed by atoms with van der Waals surface area (Å²) in [7, 11) is 0. The Morgan fingerprint density at radius 1 is 1.16 bits per heavy atom. The SMILES string of the molecule is CC12OC(CCOc3ccc4c(c3)OCO4)(CC1O)C1C(=O)N(c3ccc(C#N)c4ncccc34)C(=O)C12. The van der Waals surface area contributed by atoms with Gasteiger partial charge in [-0.3, -0.25) is 14.6 Å². The predicted octanol–water partition coefficient (Wildman–Crippen LogP) is 2.70. The van der Waals surface area contributed by atoms with Crippen LogP contribution in [0, 0.1) is 23.2 Å². The van der Waals surface area contributed by atoms with Crippen molar-refractivity contribution in [3.8, 4) is 23.3 Å². The molecule has 10 heteroatoms. The number of nitrogens with zero attached hydrogens (tertiary/aromatic N) is 3. The van der Waals surface area contributed by atoms with Gasteiger partial charge in [0.15, 0.2) is 11.5 Å². The second-order valence-electron chi connectivity index (χ2n) is 10.3. The number of fused-ring (bicyclic) bond motifs is 7. The summed E-state index contributed by atoms with van der Waals surface area (Å²) in [5.41, 5.74) is -1.11. The van der Waals surface area contributed by atoms with Crippen LogP contribution in [0.15, 0.2) is 48.7 Å². The second-order valence-corrected chi connectivity index (χ2v) is 10.3. The summed E-state index contributed by atoms with van der Waals surface area (Å²) < 4.78 is 23.1. The lowest BCUT2D eigenvalue weighted by Gasteiger charge is -2.33. The molecule has 0 saturated carbocycles. The zero-order valence-corrected chi connectivity index (χ0v) is 20.4. The Balaban J connectivity index is 1.21. The molecule has 5 unspecified atom stereocenters. The molecular formula is C28H23N3O7. The van der Waals surface area contributed by atoms with E-state index in [1.165, 1.54) is 4.90 Å². The number of pyridine rings is 1. The van der Waals surface area contributed by atoms with Crippen molar-refractivity contribution in [3.05, 3.63) is 54.2 Å². The first-order chi connectivity index (χ1) is 18.4. The van der Waals surface area contributed by atoms with E-state index in [9.17, 15) is 20.0 Å². The Kier molecular flexibility index (Phi) is 4.77. The molecule has 38 heavy (non-hydrogen) atoms. The summed E-state index contributed by atoms with van der Waals surface area (Å²) in [6.07, 6.45) is 1.18. The van der Waals surface area contributed by atoms with E-state index in [0.29, 0.717) is 45.8 Å². The number of hydrogen-bond acceptors (Lipinski definition) is 9. The van der Waals surface area contributed by atoms with Gasteiger partial charge >= 0.3 is 0 Å². The number of hydrogen-bond donors (Lipinski definition) is 1. The van der Waals surface area contributed by atoms with Crippen molar-refractivity contribution in [1.82, 2.24) is 4.98 Å². The molecule has 10 nitrogen and oxygen atoms in total. The fraction of sp³-hybridized carbons (Fsp3) is 0.357. The summed E-state index contributed by atoms with van der Waals surface area (Å²) in [6.45, 7) is 2.07. The molecule has 7 rings (SSSR count). The summed E-state index contributed by atoms with van der Waals surface area (Å²) in [5.74, 6) is -0.596. The van der Waals surface area contributed by atoms with E-state index >= 15 is 0 Å². The number of aliphatic hydroxyl groups excluding tert-OH is 1. The first-order valence-electron chi connectivity index (χ1n) is 12.4. The minimum atomic E-state index is -1.20. The Morgan fingerprint density at radius 2 is 1.97 bits per heavy atom. The van der Waals surface area contributed by atoms with E-state index in [2.05, 4.69) is 11.1 Å². The van der Waals surface area contributed by atoms with Gasteiger partial charge in [0, 0.05) is 30.5 Å². The van der Waals surface area contributed by atoms with Crippen LogP contribution < -0.4 is 19.1 Å². The molecular weight excluding hydrogens is 490 g/mol. The molecule has 0 radical (unpaired) electrons. The molecule has 1 N–H and O–H groups in total. The van der Waals surface area contributed by atoms with Crippen molar-refractivity contribution < 1.29 is 33.6 Å². The standard InChI is InChI=1S/C28H23N3O7/c1-27-21(32)12-28(38-27,8-10-35-16-5-7-19-20(11-16)37-14-36-19)23-22(27)25(33)31(26(23)34)18-6-4-15(13-29)24-17(18)3-2-9-30-24/h2-7,9,11,21-23,32H,8,10,12,14H2,1H3.